The van der Waals surface area contributed by atoms with E-state index in [2.05, 4.69) is 28.4 Å². The highest BCUT2D eigenvalue weighted by molar-refractivity contribution is 5.95. The van der Waals surface area contributed by atoms with E-state index >= 15 is 0 Å². The summed E-state index contributed by atoms with van der Waals surface area (Å²) < 4.78 is 7.08. The summed E-state index contributed by atoms with van der Waals surface area (Å²) in [5, 5.41) is 8.70. The predicted octanol–water partition coefficient (Wildman–Crippen LogP) is 5.12. The van der Waals surface area contributed by atoms with E-state index < -0.39 is 0 Å². The Morgan fingerprint density at radius 3 is 2.55 bits per heavy atom. The zero-order chi connectivity index (χ0) is 21.2. The van der Waals surface area contributed by atoms with Crippen LogP contribution >= 0.6 is 0 Å². The number of hydrogen-bond donors (Lipinski definition) is 1. The number of fused-ring (bicyclic) bond motifs is 1. The first-order valence-electron chi connectivity index (χ1n) is 10.1. The van der Waals surface area contributed by atoms with Crippen LogP contribution in [0, 0.1) is 0 Å². The zero-order valence-electron chi connectivity index (χ0n) is 17.1. The van der Waals surface area contributed by atoms with Crippen LogP contribution in [0.2, 0.25) is 0 Å². The van der Waals surface area contributed by atoms with Gasteiger partial charge in [-0.25, -0.2) is 0 Å². The first-order valence-corrected chi connectivity index (χ1v) is 10.1. The quantitative estimate of drug-likeness (QED) is 0.440. The van der Waals surface area contributed by atoms with Crippen molar-refractivity contribution in [2.45, 2.75) is 6.54 Å². The van der Waals surface area contributed by atoms with Crippen molar-refractivity contribution in [3.63, 3.8) is 0 Å². The summed E-state index contributed by atoms with van der Waals surface area (Å²) in [6.45, 7) is 0.541. The van der Waals surface area contributed by atoms with Crippen molar-refractivity contribution in [3.05, 3.63) is 107 Å². The fourth-order valence-electron chi connectivity index (χ4n) is 3.80. The predicted molar refractivity (Wildman–Crippen MR) is 123 cm³/mol. The van der Waals surface area contributed by atoms with E-state index in [1.54, 1.807) is 17.7 Å². The lowest BCUT2D eigenvalue weighted by atomic mass is 10.0. The molecule has 152 valence electrons. The number of hydrogen-bond acceptors (Lipinski definition) is 3. The number of aromatic nitrogens is 3. The fraction of sp³-hybridized carbons (Fsp3) is 0.0769. The average molecular weight is 407 g/mol. The molecular formula is C26H21N3O2. The Kier molecular flexibility index (Phi) is 4.84. The van der Waals surface area contributed by atoms with Gasteiger partial charge < -0.3 is 9.30 Å². The summed E-state index contributed by atoms with van der Waals surface area (Å²) in [6, 6.07) is 27.5. The van der Waals surface area contributed by atoms with Gasteiger partial charge in [-0.1, -0.05) is 48.5 Å². The smallest absolute Gasteiger partial charge is 0.250 e. The molecule has 0 spiro atoms. The summed E-state index contributed by atoms with van der Waals surface area (Å²) in [6.07, 6.45) is 1.91. The molecule has 5 nitrogen and oxygen atoms in total. The lowest BCUT2D eigenvalue weighted by Gasteiger charge is -2.09. The Morgan fingerprint density at radius 1 is 0.871 bits per heavy atom. The molecule has 0 unspecified atom stereocenters. The van der Waals surface area contributed by atoms with Gasteiger partial charge in [0.05, 0.1) is 19.2 Å². The van der Waals surface area contributed by atoms with Gasteiger partial charge in [0.15, 0.2) is 0 Å². The molecule has 0 saturated heterocycles. The van der Waals surface area contributed by atoms with Crippen molar-refractivity contribution >= 4 is 10.9 Å². The number of aromatic amines is 1. The van der Waals surface area contributed by atoms with Gasteiger partial charge in [-0.2, -0.15) is 5.10 Å². The minimum absolute atomic E-state index is 0.0180. The summed E-state index contributed by atoms with van der Waals surface area (Å²) >= 11 is 0. The molecule has 5 rings (SSSR count). The number of methoxy groups -OCH3 is 1. The van der Waals surface area contributed by atoms with Crippen molar-refractivity contribution in [1.82, 2.24) is 14.8 Å². The van der Waals surface area contributed by atoms with E-state index in [0.29, 0.717) is 6.54 Å². The first kappa shape index (κ1) is 18.9. The summed E-state index contributed by atoms with van der Waals surface area (Å²) in [5.74, 6) is 0.797. The van der Waals surface area contributed by atoms with Gasteiger partial charge in [-0.05, 0) is 47.0 Å². The van der Waals surface area contributed by atoms with Gasteiger partial charge in [0.25, 0.3) is 5.56 Å². The van der Waals surface area contributed by atoms with Crippen molar-refractivity contribution in [2.24, 2.45) is 0 Å². The maximum Gasteiger partial charge on any atom is 0.250 e. The second-order valence-corrected chi connectivity index (χ2v) is 7.43. The lowest BCUT2D eigenvalue weighted by molar-refractivity contribution is 0.415. The largest absolute Gasteiger partial charge is 0.497 e. The molecule has 0 aliphatic carbocycles. The third-order valence-corrected chi connectivity index (χ3v) is 5.42. The highest BCUT2D eigenvalue weighted by atomic mass is 16.5. The monoisotopic (exact) mass is 407 g/mol. The number of ether oxygens (including phenoxy) is 1. The minimum atomic E-state index is -0.0180. The fourth-order valence-corrected chi connectivity index (χ4v) is 3.80. The van der Waals surface area contributed by atoms with Gasteiger partial charge in [-0.3, -0.25) is 9.89 Å². The van der Waals surface area contributed by atoms with E-state index in [1.807, 2.05) is 66.9 Å². The van der Waals surface area contributed by atoms with Crippen LogP contribution in [0.4, 0.5) is 0 Å². The summed E-state index contributed by atoms with van der Waals surface area (Å²) in [5.41, 5.74) is 5.90. The Balaban J connectivity index is 1.51. The minimum Gasteiger partial charge on any atom is -0.497 e. The number of pyridine rings is 1. The number of rotatable bonds is 5. The second kappa shape index (κ2) is 7.95. The number of benzene rings is 3. The van der Waals surface area contributed by atoms with Crippen molar-refractivity contribution in [3.8, 4) is 28.1 Å². The van der Waals surface area contributed by atoms with Gasteiger partial charge in [0.1, 0.15) is 11.4 Å². The molecule has 0 atom stereocenters. The Morgan fingerprint density at radius 2 is 1.71 bits per heavy atom. The SMILES string of the molecule is COc1cccc(-c2n[nH]c3cc(-c4ccc(=O)n(Cc5ccccc5)c4)ccc23)c1. The van der Waals surface area contributed by atoms with Crippen molar-refractivity contribution in [2.75, 3.05) is 7.11 Å². The van der Waals surface area contributed by atoms with Crippen LogP contribution in [0.5, 0.6) is 5.75 Å². The van der Waals surface area contributed by atoms with Gasteiger partial charge in [0.2, 0.25) is 0 Å². The molecule has 2 aromatic heterocycles. The third kappa shape index (κ3) is 3.73. The molecule has 3 aromatic carbocycles. The highest BCUT2D eigenvalue weighted by Gasteiger charge is 2.11. The van der Waals surface area contributed by atoms with E-state index in [1.165, 1.54) is 0 Å². The van der Waals surface area contributed by atoms with Crippen LogP contribution in [-0.4, -0.2) is 21.9 Å². The maximum absolute atomic E-state index is 12.4. The third-order valence-electron chi connectivity index (χ3n) is 5.42. The maximum atomic E-state index is 12.4. The van der Waals surface area contributed by atoms with Crippen molar-refractivity contribution in [1.29, 1.82) is 0 Å². The molecule has 0 fully saturated rings. The Bertz CT molecular complexity index is 1420. The van der Waals surface area contributed by atoms with Gasteiger partial charge >= 0.3 is 0 Å². The number of nitrogens with zero attached hydrogens (tertiary/aromatic N) is 2. The van der Waals surface area contributed by atoms with Crippen LogP contribution in [0.1, 0.15) is 5.56 Å². The molecule has 0 saturated carbocycles. The molecule has 5 aromatic rings. The molecule has 0 bridgehead atoms. The standard InChI is InChI=1S/C26H21N3O2/c1-31-22-9-5-8-20(14-22)26-23-12-10-19(15-24(23)27-28-26)21-11-13-25(30)29(17-21)16-18-6-3-2-4-7-18/h2-15,17H,16H2,1H3,(H,27,28). The number of H-pyrrole nitrogens is 1. The Labute approximate surface area is 179 Å². The second-order valence-electron chi connectivity index (χ2n) is 7.43. The molecule has 0 aliphatic rings. The molecule has 0 amide bonds. The van der Waals surface area contributed by atoms with Gasteiger partial charge in [0, 0.05) is 23.2 Å². The summed E-state index contributed by atoms with van der Waals surface area (Å²) in [7, 11) is 1.66. The molecule has 31 heavy (non-hydrogen) atoms. The van der Waals surface area contributed by atoms with Crippen LogP contribution in [0.3, 0.4) is 0 Å². The lowest BCUT2D eigenvalue weighted by Crippen LogP contribution is -2.19. The average Bonchev–Trinajstić information content (AvgIpc) is 3.24. The summed E-state index contributed by atoms with van der Waals surface area (Å²) in [4.78, 5) is 12.4. The van der Waals surface area contributed by atoms with Crippen LogP contribution in [0.25, 0.3) is 33.3 Å². The van der Waals surface area contributed by atoms with E-state index in [9.17, 15) is 4.79 Å². The molecule has 0 aliphatic heterocycles. The van der Waals surface area contributed by atoms with Crippen LogP contribution < -0.4 is 10.3 Å². The normalized spacial score (nSPS) is 11.0. The van der Waals surface area contributed by atoms with Crippen LogP contribution in [-0.2, 0) is 6.54 Å². The van der Waals surface area contributed by atoms with E-state index in [0.717, 1.165) is 44.6 Å². The molecular weight excluding hydrogens is 386 g/mol. The topological polar surface area (TPSA) is 59.9 Å². The van der Waals surface area contributed by atoms with Gasteiger partial charge in [-0.15, -0.1) is 0 Å². The molecule has 2 heterocycles. The molecule has 1 N–H and O–H groups in total. The van der Waals surface area contributed by atoms with Crippen LogP contribution in [0.15, 0.2) is 95.9 Å². The Hall–Kier alpha value is -4.12. The zero-order valence-corrected chi connectivity index (χ0v) is 17.1. The highest BCUT2D eigenvalue weighted by Crippen LogP contribution is 2.31. The molecule has 5 heteroatoms. The molecule has 0 radical (unpaired) electrons. The number of nitrogens with one attached hydrogen (secondary N) is 1. The first-order chi connectivity index (χ1) is 15.2. The van der Waals surface area contributed by atoms with E-state index in [-0.39, 0.29) is 5.56 Å². The van der Waals surface area contributed by atoms with E-state index in [4.69, 9.17) is 4.74 Å². The van der Waals surface area contributed by atoms with Crippen molar-refractivity contribution < 1.29 is 4.74 Å².